The van der Waals surface area contributed by atoms with E-state index in [-0.39, 0.29) is 18.5 Å². The summed E-state index contributed by atoms with van der Waals surface area (Å²) in [7, 11) is 0. The van der Waals surface area contributed by atoms with Gasteiger partial charge in [-0.2, -0.15) is 0 Å². The number of aryl methyl sites for hydroxylation is 1. The molecule has 0 amide bonds. The average Bonchev–Trinajstić information content (AvgIpc) is 3.16. The largest absolute Gasteiger partial charge is 0.491 e. The summed E-state index contributed by atoms with van der Waals surface area (Å²) in [5, 5.41) is 10.5. The van der Waals surface area contributed by atoms with Gasteiger partial charge >= 0.3 is 0 Å². The minimum Gasteiger partial charge on any atom is -0.491 e. The SMILES string of the molecule is Cc1ccccc1OC[C@@H](O)CN(Cc1ccc(F)cc1)C[C@@H]1CCCO1. The molecule has 5 heteroatoms. The van der Waals surface area contributed by atoms with Crippen molar-refractivity contribution in [1.82, 2.24) is 4.90 Å². The quantitative estimate of drug-likeness (QED) is 0.730. The van der Waals surface area contributed by atoms with Crippen molar-refractivity contribution in [3.8, 4) is 5.75 Å². The van der Waals surface area contributed by atoms with Gasteiger partial charge in [0.15, 0.2) is 0 Å². The highest BCUT2D eigenvalue weighted by Crippen LogP contribution is 2.18. The van der Waals surface area contributed by atoms with Crippen LogP contribution in [-0.4, -0.2) is 48.5 Å². The molecule has 1 aliphatic heterocycles. The maximum Gasteiger partial charge on any atom is 0.123 e. The average molecular weight is 373 g/mol. The van der Waals surface area contributed by atoms with Gasteiger partial charge in [-0.05, 0) is 49.1 Å². The predicted octanol–water partition coefficient (Wildman–Crippen LogP) is 3.56. The van der Waals surface area contributed by atoms with Crippen molar-refractivity contribution in [3.05, 3.63) is 65.5 Å². The summed E-state index contributed by atoms with van der Waals surface area (Å²) in [6.45, 7) is 4.88. The summed E-state index contributed by atoms with van der Waals surface area (Å²) in [5.74, 6) is 0.553. The molecule has 1 N–H and O–H groups in total. The van der Waals surface area contributed by atoms with Crippen LogP contribution in [0.25, 0.3) is 0 Å². The summed E-state index contributed by atoms with van der Waals surface area (Å²) in [5.41, 5.74) is 2.06. The van der Waals surface area contributed by atoms with E-state index in [1.165, 1.54) is 12.1 Å². The predicted molar refractivity (Wildman–Crippen MR) is 103 cm³/mol. The number of rotatable bonds is 9. The second-order valence-electron chi connectivity index (χ2n) is 7.19. The van der Waals surface area contributed by atoms with E-state index in [1.807, 2.05) is 31.2 Å². The van der Waals surface area contributed by atoms with Gasteiger partial charge in [-0.15, -0.1) is 0 Å². The summed E-state index contributed by atoms with van der Waals surface area (Å²) in [4.78, 5) is 2.16. The first-order valence-electron chi connectivity index (χ1n) is 9.55. The Balaban J connectivity index is 1.57. The topological polar surface area (TPSA) is 41.9 Å². The fourth-order valence-corrected chi connectivity index (χ4v) is 3.38. The summed E-state index contributed by atoms with van der Waals surface area (Å²) >= 11 is 0. The molecule has 0 spiro atoms. The van der Waals surface area contributed by atoms with Crippen molar-refractivity contribution < 1.29 is 19.0 Å². The fourth-order valence-electron chi connectivity index (χ4n) is 3.38. The molecule has 1 fully saturated rings. The molecule has 2 atom stereocenters. The van der Waals surface area contributed by atoms with Crippen LogP contribution in [0, 0.1) is 12.7 Å². The van der Waals surface area contributed by atoms with Crippen LogP contribution in [0.1, 0.15) is 24.0 Å². The van der Waals surface area contributed by atoms with Crippen LogP contribution in [0.15, 0.2) is 48.5 Å². The van der Waals surface area contributed by atoms with Crippen LogP contribution < -0.4 is 4.74 Å². The number of nitrogens with zero attached hydrogens (tertiary/aromatic N) is 1. The number of hydrogen-bond donors (Lipinski definition) is 1. The Hall–Kier alpha value is -1.95. The molecule has 146 valence electrons. The van der Waals surface area contributed by atoms with E-state index in [4.69, 9.17) is 9.47 Å². The van der Waals surface area contributed by atoms with Gasteiger partial charge in [-0.3, -0.25) is 4.90 Å². The van der Waals surface area contributed by atoms with E-state index >= 15 is 0 Å². The molecule has 0 aromatic heterocycles. The molecular formula is C22H28FNO3. The lowest BCUT2D eigenvalue weighted by Gasteiger charge is -2.27. The standard InChI is InChI=1S/C22H28FNO3/c1-17-5-2-3-7-22(17)27-16-20(25)14-24(15-21-6-4-12-26-21)13-18-8-10-19(23)11-9-18/h2-3,5,7-11,20-21,25H,4,6,12-16H2,1H3/t20-,21-/m0/s1. The normalized spacial score (nSPS) is 18.0. The van der Waals surface area contributed by atoms with E-state index in [0.29, 0.717) is 13.1 Å². The van der Waals surface area contributed by atoms with Crippen molar-refractivity contribution in [2.24, 2.45) is 0 Å². The summed E-state index contributed by atoms with van der Waals surface area (Å²) in [6, 6.07) is 14.3. The number of ether oxygens (including phenoxy) is 2. The van der Waals surface area contributed by atoms with Crippen LogP contribution in [0.5, 0.6) is 5.75 Å². The number of para-hydroxylation sites is 1. The van der Waals surface area contributed by atoms with Crippen molar-refractivity contribution in [2.45, 2.75) is 38.5 Å². The highest BCUT2D eigenvalue weighted by atomic mass is 19.1. The zero-order valence-corrected chi connectivity index (χ0v) is 15.8. The third-order valence-electron chi connectivity index (χ3n) is 4.80. The number of aliphatic hydroxyl groups excluding tert-OH is 1. The molecule has 3 rings (SSSR count). The monoisotopic (exact) mass is 373 g/mol. The van der Waals surface area contributed by atoms with Crippen LogP contribution in [0.3, 0.4) is 0 Å². The van der Waals surface area contributed by atoms with E-state index < -0.39 is 6.10 Å². The lowest BCUT2D eigenvalue weighted by molar-refractivity contribution is 0.0312. The van der Waals surface area contributed by atoms with Gasteiger partial charge < -0.3 is 14.6 Å². The van der Waals surface area contributed by atoms with E-state index in [2.05, 4.69) is 4.90 Å². The summed E-state index contributed by atoms with van der Waals surface area (Å²) < 4.78 is 24.7. The van der Waals surface area contributed by atoms with E-state index in [1.54, 1.807) is 12.1 Å². The van der Waals surface area contributed by atoms with Gasteiger partial charge in [0.25, 0.3) is 0 Å². The fraction of sp³-hybridized carbons (Fsp3) is 0.455. The molecule has 0 radical (unpaired) electrons. The molecule has 4 nitrogen and oxygen atoms in total. The zero-order chi connectivity index (χ0) is 19.1. The number of aliphatic hydroxyl groups is 1. The Bertz CT molecular complexity index is 701. The smallest absolute Gasteiger partial charge is 0.123 e. The maximum atomic E-state index is 13.2. The van der Waals surface area contributed by atoms with Gasteiger partial charge in [-0.1, -0.05) is 30.3 Å². The van der Waals surface area contributed by atoms with Crippen LogP contribution in [-0.2, 0) is 11.3 Å². The molecule has 27 heavy (non-hydrogen) atoms. The van der Waals surface area contributed by atoms with Gasteiger partial charge in [0.1, 0.15) is 24.3 Å². The maximum absolute atomic E-state index is 13.2. The van der Waals surface area contributed by atoms with E-state index in [9.17, 15) is 9.50 Å². The Kier molecular flexibility index (Phi) is 7.21. The highest BCUT2D eigenvalue weighted by Gasteiger charge is 2.21. The molecule has 0 bridgehead atoms. The van der Waals surface area contributed by atoms with Gasteiger partial charge in [0.05, 0.1) is 6.10 Å². The van der Waals surface area contributed by atoms with Crippen molar-refractivity contribution >= 4 is 0 Å². The number of halogens is 1. The zero-order valence-electron chi connectivity index (χ0n) is 15.8. The Labute approximate surface area is 160 Å². The lowest BCUT2D eigenvalue weighted by Crippen LogP contribution is -2.39. The van der Waals surface area contributed by atoms with Crippen LogP contribution in [0.4, 0.5) is 4.39 Å². The molecular weight excluding hydrogens is 345 g/mol. The summed E-state index contributed by atoms with van der Waals surface area (Å²) in [6.07, 6.45) is 1.69. The van der Waals surface area contributed by atoms with Crippen LogP contribution in [0.2, 0.25) is 0 Å². The molecule has 2 aromatic rings. The first-order chi connectivity index (χ1) is 13.1. The molecule has 0 saturated carbocycles. The van der Waals surface area contributed by atoms with Crippen molar-refractivity contribution in [2.75, 3.05) is 26.3 Å². The second kappa shape index (κ2) is 9.83. The first kappa shape index (κ1) is 19.8. The number of hydrogen-bond acceptors (Lipinski definition) is 4. The highest BCUT2D eigenvalue weighted by molar-refractivity contribution is 5.31. The Morgan fingerprint density at radius 3 is 2.70 bits per heavy atom. The molecule has 0 unspecified atom stereocenters. The first-order valence-corrected chi connectivity index (χ1v) is 9.55. The minimum absolute atomic E-state index is 0.190. The lowest BCUT2D eigenvalue weighted by atomic mass is 10.1. The molecule has 1 saturated heterocycles. The van der Waals surface area contributed by atoms with Gasteiger partial charge in [0.2, 0.25) is 0 Å². The van der Waals surface area contributed by atoms with Gasteiger partial charge in [-0.25, -0.2) is 4.39 Å². The van der Waals surface area contributed by atoms with Crippen molar-refractivity contribution in [3.63, 3.8) is 0 Å². The number of benzene rings is 2. The molecule has 0 aliphatic carbocycles. The van der Waals surface area contributed by atoms with Crippen molar-refractivity contribution in [1.29, 1.82) is 0 Å². The molecule has 2 aromatic carbocycles. The third-order valence-corrected chi connectivity index (χ3v) is 4.80. The van der Waals surface area contributed by atoms with Crippen LogP contribution >= 0.6 is 0 Å². The second-order valence-corrected chi connectivity index (χ2v) is 7.19. The minimum atomic E-state index is -0.619. The Morgan fingerprint density at radius 1 is 1.22 bits per heavy atom. The third kappa shape index (κ3) is 6.31. The van der Waals surface area contributed by atoms with E-state index in [0.717, 1.165) is 42.9 Å². The molecule has 1 heterocycles. The van der Waals surface area contributed by atoms with Gasteiger partial charge in [0, 0.05) is 26.2 Å². The molecule has 1 aliphatic rings. The Morgan fingerprint density at radius 2 is 2.00 bits per heavy atom.